The zero-order valence-electron chi connectivity index (χ0n) is 31.7. The molecule has 0 N–H and O–H groups in total. The van der Waals surface area contributed by atoms with E-state index in [1.165, 1.54) is 122 Å². The summed E-state index contributed by atoms with van der Waals surface area (Å²) in [5.41, 5.74) is 14.4. The van der Waals surface area contributed by atoms with Crippen LogP contribution in [0.5, 0.6) is 0 Å². The second kappa shape index (κ2) is 20.7. The van der Waals surface area contributed by atoms with Gasteiger partial charge in [0.25, 0.3) is 0 Å². The number of benzene rings is 4. The molecule has 0 aromatic heterocycles. The molecule has 0 saturated carbocycles. The standard InChI is InChI=1S/C21H25.C21H26.C5H5.2ClH.Zr/c1-20(2,3)16-7-9-18-14(12-16)11-15-13-17(21(4,5)6)8-10-19(15)18;1-3-5-7-18-9-13-20(14-10-18)17-21-15-11-19(12-16-21)8-6-4-2;1-2-4-5-3-1;;;/h7-10,12H,11H2,1-6H3;9-16H,3-8H2,1-2H3;1-3H,4H2;2*1H;/q-1;;-1;;;+2/p-2. The van der Waals surface area contributed by atoms with E-state index in [4.69, 9.17) is 0 Å². The van der Waals surface area contributed by atoms with E-state index >= 15 is 0 Å². The second-order valence-electron chi connectivity index (χ2n) is 15.3. The zero-order valence-corrected chi connectivity index (χ0v) is 35.6. The number of unbranched alkanes of at least 4 members (excludes halogenated alkanes) is 2. The Kier molecular flexibility index (Phi) is 18.1. The molecule has 0 saturated heterocycles. The third kappa shape index (κ3) is 12.7. The molecule has 0 spiro atoms. The number of rotatable bonds is 8. The van der Waals surface area contributed by atoms with Crippen LogP contribution >= 0.6 is 0 Å². The first kappa shape index (κ1) is 43.9. The van der Waals surface area contributed by atoms with Gasteiger partial charge in [0.15, 0.2) is 0 Å². The number of aryl methyl sites for hydroxylation is 2. The van der Waals surface area contributed by atoms with Crippen molar-refractivity contribution in [3.8, 4) is 11.1 Å². The number of halogens is 2. The van der Waals surface area contributed by atoms with Gasteiger partial charge in [-0.1, -0.05) is 65.3 Å². The number of hydrogen-bond acceptors (Lipinski definition) is 0. The number of allylic oxidation sites excluding steroid dienone is 4. The average molecular weight is 783 g/mol. The van der Waals surface area contributed by atoms with E-state index in [0.29, 0.717) is 0 Å². The summed E-state index contributed by atoms with van der Waals surface area (Å²) in [6.07, 6.45) is 18.5. The molecule has 2 aliphatic rings. The molecule has 4 aromatic rings. The Balaban J connectivity index is 0.000000293. The van der Waals surface area contributed by atoms with Crippen LogP contribution in [0.3, 0.4) is 0 Å². The summed E-state index contributed by atoms with van der Waals surface area (Å²) >= 11 is 1.48. The van der Waals surface area contributed by atoms with E-state index in [0.717, 1.165) is 12.8 Å². The summed E-state index contributed by atoms with van der Waals surface area (Å²) in [5.74, 6) is 0. The zero-order chi connectivity index (χ0) is 34.7. The molecule has 0 nitrogen and oxygen atoms in total. The minimum Gasteiger partial charge on any atom is -1.00 e. The van der Waals surface area contributed by atoms with Gasteiger partial charge < -0.3 is 24.8 Å². The van der Waals surface area contributed by atoms with Gasteiger partial charge in [0.1, 0.15) is 0 Å². The molecule has 0 heterocycles. The van der Waals surface area contributed by atoms with Crippen LogP contribution in [0, 0.1) is 12.1 Å². The molecule has 0 unspecified atom stereocenters. The van der Waals surface area contributed by atoms with Crippen molar-refractivity contribution >= 4 is 3.21 Å². The van der Waals surface area contributed by atoms with Crippen LogP contribution in [0.1, 0.15) is 132 Å². The molecule has 264 valence electrons. The molecule has 50 heavy (non-hydrogen) atoms. The van der Waals surface area contributed by atoms with Gasteiger partial charge in [-0.15, -0.1) is 17.5 Å². The van der Waals surface area contributed by atoms with E-state index in [9.17, 15) is 0 Å². The molecule has 0 aliphatic heterocycles. The Labute approximate surface area is 332 Å². The second-order valence-corrected chi connectivity index (χ2v) is 16.5. The number of hydrogen-bond donors (Lipinski definition) is 0. The molecule has 0 bridgehead atoms. The van der Waals surface area contributed by atoms with Gasteiger partial charge in [0.05, 0.1) is 0 Å². The van der Waals surface area contributed by atoms with Crippen LogP contribution in [0.25, 0.3) is 11.1 Å². The molecule has 0 amide bonds. The van der Waals surface area contributed by atoms with E-state index in [1.54, 1.807) is 0 Å². The predicted octanol–water partition coefficient (Wildman–Crippen LogP) is 6.45. The third-order valence-electron chi connectivity index (χ3n) is 9.17. The molecule has 6 rings (SSSR count). The molecule has 4 aromatic carbocycles. The fourth-order valence-electron chi connectivity index (χ4n) is 5.97. The van der Waals surface area contributed by atoms with Crippen LogP contribution in [0.15, 0.2) is 97.1 Å². The van der Waals surface area contributed by atoms with Crippen molar-refractivity contribution < 1.29 is 49.0 Å². The van der Waals surface area contributed by atoms with Crippen LogP contribution < -0.4 is 24.8 Å². The smallest absolute Gasteiger partial charge is 0.109 e. The van der Waals surface area contributed by atoms with Gasteiger partial charge >= 0.3 is 151 Å². The molecule has 0 atom stereocenters. The largest absolute Gasteiger partial charge is 1.00 e. The minimum atomic E-state index is 0. The Bertz CT molecular complexity index is 1570. The normalized spacial score (nSPS) is 12.4. The third-order valence-corrected chi connectivity index (χ3v) is 10.6. The van der Waals surface area contributed by atoms with Gasteiger partial charge in [-0.3, -0.25) is 6.08 Å². The van der Waals surface area contributed by atoms with Crippen molar-refractivity contribution in [2.75, 3.05) is 0 Å². The fraction of sp³-hybridized carbons (Fsp3) is 0.383. The van der Waals surface area contributed by atoms with Crippen molar-refractivity contribution in [1.82, 2.24) is 0 Å². The molecule has 0 fully saturated rings. The first-order valence-corrected chi connectivity index (χ1v) is 19.3. The van der Waals surface area contributed by atoms with Gasteiger partial charge in [0, 0.05) is 0 Å². The quantitative estimate of drug-likeness (QED) is 0.159. The predicted molar refractivity (Wildman–Crippen MR) is 206 cm³/mol. The van der Waals surface area contributed by atoms with Gasteiger partial charge in [-0.25, -0.2) is 12.2 Å². The van der Waals surface area contributed by atoms with Crippen molar-refractivity contribution in [1.29, 1.82) is 0 Å². The summed E-state index contributed by atoms with van der Waals surface area (Å²) < 4.78 is 1.45. The molecular formula is C47H56Cl2Zr-2. The van der Waals surface area contributed by atoms with Crippen LogP contribution in [-0.4, -0.2) is 3.21 Å². The van der Waals surface area contributed by atoms with Crippen molar-refractivity contribution in [3.05, 3.63) is 154 Å². The van der Waals surface area contributed by atoms with Gasteiger partial charge in [-0.05, 0) is 28.4 Å². The Morgan fingerprint density at radius 2 is 1.22 bits per heavy atom. The summed E-state index contributed by atoms with van der Waals surface area (Å²) in [6, 6.07) is 33.5. The average Bonchev–Trinajstić information content (AvgIpc) is 3.78. The topological polar surface area (TPSA) is 0 Å². The number of fused-ring (bicyclic) bond motifs is 3. The SMILES string of the molecule is CC(C)(C)c1[c-]c2c(cc1)-c1ccc(C(C)(C)C)cc1C2.CCCCc1ccc([C](=[Zr+2])c2ccc(CCCC)cc2)cc1.[C-]1=CC=CC1.[Cl-].[Cl-]. The fourth-order valence-corrected chi connectivity index (χ4v) is 6.79. The van der Waals surface area contributed by atoms with E-state index in [2.05, 4.69) is 152 Å². The summed E-state index contributed by atoms with van der Waals surface area (Å²) in [6.45, 7) is 18.1. The van der Waals surface area contributed by atoms with E-state index in [1.807, 2.05) is 12.2 Å². The minimum absolute atomic E-state index is 0. The summed E-state index contributed by atoms with van der Waals surface area (Å²) in [7, 11) is 0. The van der Waals surface area contributed by atoms with Crippen LogP contribution in [0.4, 0.5) is 0 Å². The molecule has 2 aliphatic carbocycles. The first-order chi connectivity index (χ1) is 22.9. The van der Waals surface area contributed by atoms with E-state index < -0.39 is 0 Å². The maximum atomic E-state index is 3.67. The molecule has 3 heteroatoms. The van der Waals surface area contributed by atoms with Gasteiger partial charge in [0.2, 0.25) is 0 Å². The van der Waals surface area contributed by atoms with Crippen LogP contribution in [-0.2, 0) is 54.3 Å². The molecular weight excluding hydrogens is 727 g/mol. The maximum Gasteiger partial charge on any atom is -0.109 e. The molecule has 0 radical (unpaired) electrons. The van der Waals surface area contributed by atoms with Gasteiger partial charge in [-0.2, -0.15) is 29.8 Å². The summed E-state index contributed by atoms with van der Waals surface area (Å²) in [5, 5.41) is 0. The Hall–Kier alpha value is -2.31. The maximum absolute atomic E-state index is 3.67. The van der Waals surface area contributed by atoms with Crippen molar-refractivity contribution in [2.24, 2.45) is 0 Å². The van der Waals surface area contributed by atoms with Crippen LogP contribution in [0.2, 0.25) is 0 Å². The van der Waals surface area contributed by atoms with Crippen molar-refractivity contribution in [3.63, 3.8) is 0 Å². The van der Waals surface area contributed by atoms with Crippen molar-refractivity contribution in [2.45, 2.75) is 118 Å². The Morgan fingerprint density at radius 1 is 0.680 bits per heavy atom. The summed E-state index contributed by atoms with van der Waals surface area (Å²) in [4.78, 5) is 0. The van der Waals surface area contributed by atoms with E-state index in [-0.39, 0.29) is 35.6 Å². The Morgan fingerprint density at radius 3 is 1.64 bits per heavy atom. The first-order valence-electron chi connectivity index (χ1n) is 18.1. The monoisotopic (exact) mass is 780 g/mol.